The van der Waals surface area contributed by atoms with E-state index in [4.69, 9.17) is 5.73 Å². The standard InChI is InChI=1S/C11H12N4O2S2/c12-10-5-4-7(6-13-10)19(16,17)15-11-14-8-2-1-3-9(8)18-11/h4-6H,1-3H2,(H2,12,13)(H,14,15). The van der Waals surface area contributed by atoms with Crippen LogP contribution < -0.4 is 10.5 Å². The maximum absolute atomic E-state index is 12.1. The van der Waals surface area contributed by atoms with E-state index >= 15 is 0 Å². The third-order valence-corrected chi connectivity index (χ3v) is 5.41. The van der Waals surface area contributed by atoms with Gasteiger partial charge in [-0.15, -0.1) is 11.3 Å². The van der Waals surface area contributed by atoms with E-state index in [1.165, 1.54) is 34.5 Å². The van der Waals surface area contributed by atoms with Crippen LogP contribution in [-0.4, -0.2) is 18.4 Å². The number of pyridine rings is 1. The molecule has 3 N–H and O–H groups in total. The molecule has 0 saturated carbocycles. The molecule has 0 atom stereocenters. The highest BCUT2D eigenvalue weighted by Crippen LogP contribution is 2.31. The van der Waals surface area contributed by atoms with Gasteiger partial charge in [-0.05, 0) is 31.4 Å². The summed E-state index contributed by atoms with van der Waals surface area (Å²) in [6.07, 6.45) is 4.25. The van der Waals surface area contributed by atoms with Gasteiger partial charge in [-0.25, -0.2) is 18.4 Å². The lowest BCUT2D eigenvalue weighted by Gasteiger charge is -2.04. The maximum atomic E-state index is 12.1. The Bertz CT molecular complexity index is 685. The van der Waals surface area contributed by atoms with Crippen molar-refractivity contribution in [1.82, 2.24) is 9.97 Å². The molecule has 2 aromatic heterocycles. The van der Waals surface area contributed by atoms with Crippen molar-refractivity contribution in [1.29, 1.82) is 0 Å². The number of anilines is 2. The minimum absolute atomic E-state index is 0.0806. The van der Waals surface area contributed by atoms with Gasteiger partial charge >= 0.3 is 0 Å². The van der Waals surface area contributed by atoms with Crippen molar-refractivity contribution in [2.75, 3.05) is 10.5 Å². The van der Waals surface area contributed by atoms with Gasteiger partial charge < -0.3 is 5.73 Å². The number of nitrogens with zero attached hydrogens (tertiary/aromatic N) is 2. The van der Waals surface area contributed by atoms with Gasteiger partial charge in [0.2, 0.25) is 0 Å². The van der Waals surface area contributed by atoms with Crippen LogP contribution >= 0.6 is 11.3 Å². The molecule has 6 nitrogen and oxygen atoms in total. The summed E-state index contributed by atoms with van der Waals surface area (Å²) in [5.74, 6) is 0.284. The molecule has 2 aromatic rings. The maximum Gasteiger partial charge on any atom is 0.265 e. The average Bonchev–Trinajstić information content (AvgIpc) is 2.89. The van der Waals surface area contributed by atoms with Gasteiger partial charge in [-0.2, -0.15) is 0 Å². The summed E-state index contributed by atoms with van der Waals surface area (Å²) in [6, 6.07) is 2.88. The predicted molar refractivity (Wildman–Crippen MR) is 73.6 cm³/mol. The number of nitrogens with one attached hydrogen (secondary N) is 1. The zero-order valence-electron chi connectivity index (χ0n) is 9.96. The molecule has 0 bridgehead atoms. The molecule has 3 rings (SSSR count). The molecule has 100 valence electrons. The van der Waals surface area contributed by atoms with E-state index in [-0.39, 0.29) is 10.7 Å². The summed E-state index contributed by atoms with van der Waals surface area (Å²) in [5.41, 5.74) is 6.45. The normalized spacial score (nSPS) is 14.3. The predicted octanol–water partition coefficient (Wildman–Crippen LogP) is 1.41. The summed E-state index contributed by atoms with van der Waals surface area (Å²) in [7, 11) is -3.64. The molecule has 19 heavy (non-hydrogen) atoms. The highest BCUT2D eigenvalue weighted by molar-refractivity contribution is 7.93. The van der Waals surface area contributed by atoms with Gasteiger partial charge in [0, 0.05) is 11.1 Å². The Labute approximate surface area is 114 Å². The Kier molecular flexibility index (Phi) is 2.90. The van der Waals surface area contributed by atoms with E-state index < -0.39 is 10.0 Å². The second-order valence-electron chi connectivity index (χ2n) is 4.27. The molecule has 0 aliphatic heterocycles. The van der Waals surface area contributed by atoms with Gasteiger partial charge in [0.15, 0.2) is 5.13 Å². The molecular formula is C11H12N4O2S2. The van der Waals surface area contributed by atoms with E-state index in [0.717, 1.165) is 25.0 Å². The Morgan fingerprint density at radius 3 is 2.84 bits per heavy atom. The Morgan fingerprint density at radius 1 is 1.32 bits per heavy atom. The van der Waals surface area contributed by atoms with Crippen molar-refractivity contribution < 1.29 is 8.42 Å². The first kappa shape index (κ1) is 12.4. The third-order valence-electron chi connectivity index (χ3n) is 2.89. The van der Waals surface area contributed by atoms with Crippen LogP contribution in [0.5, 0.6) is 0 Å². The Morgan fingerprint density at radius 2 is 2.16 bits per heavy atom. The molecule has 8 heteroatoms. The zero-order chi connectivity index (χ0) is 13.5. The second-order valence-corrected chi connectivity index (χ2v) is 7.03. The molecule has 0 saturated heterocycles. The van der Waals surface area contributed by atoms with E-state index in [2.05, 4.69) is 14.7 Å². The van der Waals surface area contributed by atoms with E-state index in [1.54, 1.807) is 0 Å². The minimum atomic E-state index is -3.64. The van der Waals surface area contributed by atoms with Crippen LogP contribution in [0, 0.1) is 0 Å². The topological polar surface area (TPSA) is 98.0 Å². The van der Waals surface area contributed by atoms with Crippen LogP contribution in [0.25, 0.3) is 0 Å². The number of hydrogen-bond donors (Lipinski definition) is 2. The SMILES string of the molecule is Nc1ccc(S(=O)(=O)Nc2nc3c(s2)CCC3)cn1. The average molecular weight is 296 g/mol. The van der Waals surface area contributed by atoms with Crippen LogP contribution in [0.1, 0.15) is 17.0 Å². The fourth-order valence-electron chi connectivity index (χ4n) is 1.96. The summed E-state index contributed by atoms with van der Waals surface area (Å²) in [4.78, 5) is 9.34. The van der Waals surface area contributed by atoms with Crippen LogP contribution in [0.15, 0.2) is 23.2 Å². The number of aryl methyl sites for hydroxylation is 2. The van der Waals surface area contributed by atoms with Crippen molar-refractivity contribution in [2.45, 2.75) is 24.2 Å². The number of nitrogen functional groups attached to an aromatic ring is 1. The van der Waals surface area contributed by atoms with Gasteiger partial charge in [0.05, 0.1) is 5.69 Å². The fraction of sp³-hybridized carbons (Fsp3) is 0.273. The fourth-order valence-corrected chi connectivity index (χ4v) is 4.19. The van der Waals surface area contributed by atoms with Crippen molar-refractivity contribution in [2.24, 2.45) is 0 Å². The van der Waals surface area contributed by atoms with Crippen molar-refractivity contribution >= 4 is 32.3 Å². The van der Waals surface area contributed by atoms with Crippen molar-refractivity contribution in [3.63, 3.8) is 0 Å². The van der Waals surface area contributed by atoms with Gasteiger partial charge in [-0.3, -0.25) is 4.72 Å². The lowest BCUT2D eigenvalue weighted by atomic mass is 10.4. The Hall–Kier alpha value is -1.67. The number of aromatic nitrogens is 2. The molecular weight excluding hydrogens is 284 g/mol. The summed E-state index contributed by atoms with van der Waals surface area (Å²) in [5, 5.41) is 0.418. The Balaban J connectivity index is 1.86. The monoisotopic (exact) mass is 296 g/mol. The molecule has 0 spiro atoms. The molecule has 1 aliphatic rings. The van der Waals surface area contributed by atoms with Crippen LogP contribution in [0.3, 0.4) is 0 Å². The molecule has 0 radical (unpaired) electrons. The molecule has 0 amide bonds. The molecule has 0 unspecified atom stereocenters. The smallest absolute Gasteiger partial charge is 0.265 e. The molecule has 2 heterocycles. The minimum Gasteiger partial charge on any atom is -0.384 e. The third kappa shape index (κ3) is 2.41. The number of hydrogen-bond acceptors (Lipinski definition) is 6. The van der Waals surface area contributed by atoms with Gasteiger partial charge in [0.25, 0.3) is 10.0 Å². The zero-order valence-corrected chi connectivity index (χ0v) is 11.6. The molecule has 1 aliphatic carbocycles. The first-order chi connectivity index (χ1) is 9.04. The molecule has 0 aromatic carbocycles. The lowest BCUT2D eigenvalue weighted by molar-refractivity contribution is 0.601. The van der Waals surface area contributed by atoms with Crippen molar-refractivity contribution in [3.8, 4) is 0 Å². The van der Waals surface area contributed by atoms with Crippen LogP contribution in [0.4, 0.5) is 10.9 Å². The first-order valence-corrected chi connectivity index (χ1v) is 8.07. The molecule has 0 fully saturated rings. The summed E-state index contributed by atoms with van der Waals surface area (Å²) >= 11 is 1.40. The van der Waals surface area contributed by atoms with Crippen molar-refractivity contribution in [3.05, 3.63) is 28.9 Å². The highest BCUT2D eigenvalue weighted by Gasteiger charge is 2.21. The highest BCUT2D eigenvalue weighted by atomic mass is 32.2. The second kappa shape index (κ2) is 4.46. The van der Waals surface area contributed by atoms with E-state index in [9.17, 15) is 8.42 Å². The quantitative estimate of drug-likeness (QED) is 0.892. The number of thiazole rings is 1. The largest absolute Gasteiger partial charge is 0.384 e. The number of fused-ring (bicyclic) bond motifs is 1. The number of rotatable bonds is 3. The number of nitrogens with two attached hydrogens (primary N) is 1. The summed E-state index contributed by atoms with van der Waals surface area (Å²) in [6.45, 7) is 0. The first-order valence-electron chi connectivity index (χ1n) is 5.77. The number of sulfonamides is 1. The lowest BCUT2D eigenvalue weighted by Crippen LogP contribution is -2.13. The van der Waals surface area contributed by atoms with Gasteiger partial charge in [-0.1, -0.05) is 0 Å². The van der Waals surface area contributed by atoms with Gasteiger partial charge in [0.1, 0.15) is 10.7 Å². The summed E-state index contributed by atoms with van der Waals surface area (Å²) < 4.78 is 26.7. The van der Waals surface area contributed by atoms with E-state index in [0.29, 0.717) is 5.13 Å². The van der Waals surface area contributed by atoms with E-state index in [1.807, 2.05) is 0 Å². The van der Waals surface area contributed by atoms with Crippen LogP contribution in [-0.2, 0) is 22.9 Å². The van der Waals surface area contributed by atoms with Crippen LogP contribution in [0.2, 0.25) is 0 Å².